The molecular formula is C17H17F2N3. The number of anilines is 1. The molecule has 0 N–H and O–H groups in total. The Hall–Kier alpha value is -2.01. The molecule has 0 amide bonds. The van der Waals surface area contributed by atoms with Crippen LogP contribution in [0.25, 0.3) is 10.9 Å². The molecule has 3 heterocycles. The number of hydrogen-bond acceptors (Lipinski definition) is 3. The first kappa shape index (κ1) is 13.6. The fourth-order valence-electron chi connectivity index (χ4n) is 3.49. The van der Waals surface area contributed by atoms with Gasteiger partial charge in [0.2, 0.25) is 0 Å². The van der Waals surface area contributed by atoms with Gasteiger partial charge in [0.1, 0.15) is 11.3 Å². The summed E-state index contributed by atoms with van der Waals surface area (Å²) in [5, 5.41) is 0.556. The Labute approximate surface area is 127 Å². The van der Waals surface area contributed by atoms with Gasteiger partial charge < -0.3 is 4.90 Å². The molecule has 1 aromatic carbocycles. The summed E-state index contributed by atoms with van der Waals surface area (Å²) in [5.41, 5.74) is 1.11. The molecular weight excluding hydrogens is 284 g/mol. The van der Waals surface area contributed by atoms with Gasteiger partial charge in [-0.15, -0.1) is 0 Å². The number of benzene rings is 1. The average molecular weight is 301 g/mol. The molecule has 22 heavy (non-hydrogen) atoms. The summed E-state index contributed by atoms with van der Waals surface area (Å²) in [4.78, 5) is 8.71. The zero-order chi connectivity index (χ0) is 15.1. The fourth-order valence-corrected chi connectivity index (χ4v) is 3.49. The zero-order valence-electron chi connectivity index (χ0n) is 12.2. The van der Waals surface area contributed by atoms with Crippen LogP contribution < -0.4 is 4.90 Å². The van der Waals surface area contributed by atoms with Crippen LogP contribution in [0.1, 0.15) is 6.42 Å². The Morgan fingerprint density at radius 1 is 1.14 bits per heavy atom. The maximum Gasteiger partial charge on any atom is 0.152 e. The van der Waals surface area contributed by atoms with Crippen LogP contribution in [0.5, 0.6) is 0 Å². The van der Waals surface area contributed by atoms with Gasteiger partial charge in [-0.1, -0.05) is 12.2 Å². The second-order valence-electron chi connectivity index (χ2n) is 5.93. The van der Waals surface area contributed by atoms with Crippen molar-refractivity contribution in [3.05, 3.63) is 48.2 Å². The Morgan fingerprint density at radius 3 is 2.77 bits per heavy atom. The lowest BCUT2D eigenvalue weighted by atomic mass is 10.1. The lowest BCUT2D eigenvalue weighted by Gasteiger charge is -2.25. The molecule has 1 fully saturated rings. The quantitative estimate of drug-likeness (QED) is 0.795. The van der Waals surface area contributed by atoms with E-state index in [1.807, 2.05) is 6.07 Å². The number of hydrogen-bond donors (Lipinski definition) is 0. The summed E-state index contributed by atoms with van der Waals surface area (Å²) in [5.74, 6) is -1.16. The largest absolute Gasteiger partial charge is 0.369 e. The van der Waals surface area contributed by atoms with Crippen molar-refractivity contribution < 1.29 is 8.78 Å². The highest BCUT2D eigenvalue weighted by atomic mass is 19.1. The maximum absolute atomic E-state index is 13.9. The van der Waals surface area contributed by atoms with E-state index < -0.39 is 11.6 Å². The van der Waals surface area contributed by atoms with Gasteiger partial charge in [-0.25, -0.2) is 8.78 Å². The third-order valence-corrected chi connectivity index (χ3v) is 4.61. The molecule has 0 spiro atoms. The molecule has 3 nitrogen and oxygen atoms in total. The maximum atomic E-state index is 13.9. The zero-order valence-corrected chi connectivity index (χ0v) is 12.2. The summed E-state index contributed by atoms with van der Waals surface area (Å²) in [6.45, 7) is 3.79. The number of pyridine rings is 1. The second kappa shape index (κ2) is 5.32. The number of aromatic nitrogens is 1. The van der Waals surface area contributed by atoms with E-state index in [-0.39, 0.29) is 5.52 Å². The van der Waals surface area contributed by atoms with Crippen LogP contribution in [0, 0.1) is 11.6 Å². The van der Waals surface area contributed by atoms with Crippen molar-refractivity contribution >= 4 is 16.6 Å². The molecule has 2 aliphatic heterocycles. The first-order valence-electron chi connectivity index (χ1n) is 7.60. The molecule has 0 aliphatic carbocycles. The van der Waals surface area contributed by atoms with E-state index in [0.717, 1.165) is 44.4 Å². The molecule has 1 unspecified atom stereocenters. The molecule has 4 rings (SSSR count). The first-order valence-corrected chi connectivity index (χ1v) is 7.60. The minimum Gasteiger partial charge on any atom is -0.369 e. The predicted molar refractivity (Wildman–Crippen MR) is 83.0 cm³/mol. The summed E-state index contributed by atoms with van der Waals surface area (Å²) in [6, 6.07) is 4.62. The highest BCUT2D eigenvalue weighted by molar-refractivity contribution is 5.92. The molecule has 1 aromatic heterocycles. The van der Waals surface area contributed by atoms with Crippen molar-refractivity contribution in [1.82, 2.24) is 9.88 Å². The highest BCUT2D eigenvalue weighted by Gasteiger charge is 2.29. The summed E-state index contributed by atoms with van der Waals surface area (Å²) < 4.78 is 27.5. The number of rotatable bonds is 2. The minimum absolute atomic E-state index is 0.241. The molecule has 2 aliphatic rings. The van der Waals surface area contributed by atoms with Crippen molar-refractivity contribution in [2.24, 2.45) is 0 Å². The van der Waals surface area contributed by atoms with Gasteiger partial charge in [0, 0.05) is 55.6 Å². The van der Waals surface area contributed by atoms with Gasteiger partial charge in [0.25, 0.3) is 0 Å². The van der Waals surface area contributed by atoms with Crippen LogP contribution in [0.4, 0.5) is 14.5 Å². The number of halogens is 2. The van der Waals surface area contributed by atoms with E-state index in [4.69, 9.17) is 0 Å². The molecule has 1 atom stereocenters. The third kappa shape index (κ3) is 2.25. The normalized spacial score (nSPS) is 22.1. The standard InChI is InChI=1S/C17H17F2N3/c18-12-9-14-16(3-5-20-17(14)15(19)10-12)22-8-4-13(11-22)21-6-1-2-7-21/h1-3,5,9-10,13H,4,6-8,11H2. The first-order chi connectivity index (χ1) is 10.7. The number of fused-ring (bicyclic) bond motifs is 1. The Balaban J connectivity index is 1.67. The van der Waals surface area contributed by atoms with E-state index in [2.05, 4.69) is 26.9 Å². The van der Waals surface area contributed by atoms with E-state index >= 15 is 0 Å². The molecule has 2 aromatic rings. The van der Waals surface area contributed by atoms with Gasteiger partial charge in [-0.05, 0) is 18.6 Å². The summed E-state index contributed by atoms with van der Waals surface area (Å²) in [7, 11) is 0. The van der Waals surface area contributed by atoms with Crippen LogP contribution in [0.3, 0.4) is 0 Å². The van der Waals surface area contributed by atoms with Crippen LogP contribution in [0.15, 0.2) is 36.5 Å². The highest BCUT2D eigenvalue weighted by Crippen LogP contribution is 2.31. The summed E-state index contributed by atoms with van der Waals surface area (Å²) >= 11 is 0. The van der Waals surface area contributed by atoms with Crippen LogP contribution in [-0.2, 0) is 0 Å². The Kier molecular flexibility index (Phi) is 3.30. The molecule has 114 valence electrons. The smallest absolute Gasteiger partial charge is 0.152 e. The van der Waals surface area contributed by atoms with E-state index in [0.29, 0.717) is 11.4 Å². The van der Waals surface area contributed by atoms with E-state index in [1.165, 1.54) is 6.07 Å². The van der Waals surface area contributed by atoms with Crippen molar-refractivity contribution in [3.63, 3.8) is 0 Å². The van der Waals surface area contributed by atoms with Crippen LogP contribution in [-0.4, -0.2) is 42.1 Å². The van der Waals surface area contributed by atoms with Gasteiger partial charge in [0.05, 0.1) is 0 Å². The van der Waals surface area contributed by atoms with Crippen molar-refractivity contribution in [1.29, 1.82) is 0 Å². The fraction of sp³-hybridized carbons (Fsp3) is 0.353. The molecule has 1 saturated heterocycles. The lowest BCUT2D eigenvalue weighted by Crippen LogP contribution is -2.35. The second-order valence-corrected chi connectivity index (χ2v) is 5.93. The van der Waals surface area contributed by atoms with Crippen molar-refractivity contribution in [2.75, 3.05) is 31.1 Å². The molecule has 0 saturated carbocycles. The van der Waals surface area contributed by atoms with Gasteiger partial charge in [-0.2, -0.15) is 0 Å². The summed E-state index contributed by atoms with van der Waals surface area (Å²) in [6.07, 6.45) is 7.05. The van der Waals surface area contributed by atoms with Crippen LogP contribution >= 0.6 is 0 Å². The molecule has 0 bridgehead atoms. The Morgan fingerprint density at radius 2 is 1.95 bits per heavy atom. The molecule has 0 radical (unpaired) electrons. The van der Waals surface area contributed by atoms with E-state index in [1.54, 1.807) is 6.20 Å². The SMILES string of the molecule is Fc1cc(F)c2nccc(N3CCC(N4CC=CC4)C3)c2c1. The lowest BCUT2D eigenvalue weighted by molar-refractivity contribution is 0.271. The Bertz CT molecular complexity index is 736. The monoisotopic (exact) mass is 301 g/mol. The van der Waals surface area contributed by atoms with Gasteiger partial charge in [-0.3, -0.25) is 9.88 Å². The van der Waals surface area contributed by atoms with E-state index in [9.17, 15) is 8.78 Å². The van der Waals surface area contributed by atoms with Crippen molar-refractivity contribution in [3.8, 4) is 0 Å². The average Bonchev–Trinajstić information content (AvgIpc) is 3.18. The topological polar surface area (TPSA) is 19.4 Å². The van der Waals surface area contributed by atoms with Crippen molar-refractivity contribution in [2.45, 2.75) is 12.5 Å². The third-order valence-electron chi connectivity index (χ3n) is 4.61. The molecule has 5 heteroatoms. The number of nitrogens with zero attached hydrogens (tertiary/aromatic N) is 3. The predicted octanol–water partition coefficient (Wildman–Crippen LogP) is 2.96. The minimum atomic E-state index is -0.601. The van der Waals surface area contributed by atoms with Gasteiger partial charge >= 0.3 is 0 Å². The van der Waals surface area contributed by atoms with Gasteiger partial charge in [0.15, 0.2) is 5.82 Å². The van der Waals surface area contributed by atoms with Crippen LogP contribution in [0.2, 0.25) is 0 Å².